The Morgan fingerprint density at radius 2 is 2.05 bits per heavy atom. The first-order valence-corrected chi connectivity index (χ1v) is 6.37. The largest absolute Gasteiger partial charge is 0.485 e. The van der Waals surface area contributed by atoms with E-state index in [9.17, 15) is 13.2 Å². The summed E-state index contributed by atoms with van der Waals surface area (Å²) in [6.45, 7) is 4.57. The summed E-state index contributed by atoms with van der Waals surface area (Å²) in [4.78, 5) is 0. The Bertz CT molecular complexity index is 439. The van der Waals surface area contributed by atoms with Gasteiger partial charge in [-0.05, 0) is 30.0 Å². The van der Waals surface area contributed by atoms with E-state index in [1.165, 1.54) is 12.1 Å². The zero-order chi connectivity index (χ0) is 14.0. The van der Waals surface area contributed by atoms with Crippen molar-refractivity contribution in [2.24, 2.45) is 0 Å². The molecule has 1 unspecified atom stereocenters. The van der Waals surface area contributed by atoms with Gasteiger partial charge in [-0.3, -0.25) is 0 Å². The van der Waals surface area contributed by atoms with E-state index in [1.807, 2.05) is 13.8 Å². The molecule has 0 amide bonds. The number of alkyl halides is 3. The van der Waals surface area contributed by atoms with Gasteiger partial charge in [0.25, 0.3) is 0 Å². The molecule has 1 atom stereocenters. The first-order chi connectivity index (χ1) is 8.91. The minimum atomic E-state index is -4.40. The zero-order valence-corrected chi connectivity index (χ0v) is 11.0. The van der Waals surface area contributed by atoms with Crippen LogP contribution in [0.2, 0.25) is 0 Å². The van der Waals surface area contributed by atoms with Crippen molar-refractivity contribution in [3.05, 3.63) is 29.3 Å². The highest BCUT2D eigenvalue weighted by Crippen LogP contribution is 2.39. The van der Waals surface area contributed by atoms with Crippen LogP contribution in [0.3, 0.4) is 0 Å². The first-order valence-electron chi connectivity index (χ1n) is 6.37. The minimum absolute atomic E-state index is 0.0992. The molecule has 19 heavy (non-hydrogen) atoms. The van der Waals surface area contributed by atoms with Crippen LogP contribution in [0.25, 0.3) is 0 Å². The smallest absolute Gasteiger partial charge is 0.419 e. The van der Waals surface area contributed by atoms with E-state index in [4.69, 9.17) is 9.47 Å². The Balaban J connectivity index is 2.31. The zero-order valence-electron chi connectivity index (χ0n) is 11.0. The molecule has 1 heterocycles. The number of hydrogen-bond acceptors (Lipinski definition) is 2. The Hall–Kier alpha value is -1.23. The van der Waals surface area contributed by atoms with E-state index in [0.29, 0.717) is 18.8 Å². The van der Waals surface area contributed by atoms with Crippen molar-refractivity contribution in [1.82, 2.24) is 0 Å². The second-order valence-corrected chi connectivity index (χ2v) is 4.84. The van der Waals surface area contributed by atoms with Gasteiger partial charge in [-0.2, -0.15) is 13.2 Å². The van der Waals surface area contributed by atoms with E-state index < -0.39 is 11.7 Å². The molecule has 1 saturated heterocycles. The molecule has 1 aliphatic rings. The molecule has 0 bridgehead atoms. The molecule has 0 saturated carbocycles. The van der Waals surface area contributed by atoms with Gasteiger partial charge in [-0.1, -0.05) is 19.9 Å². The molecule has 1 aliphatic heterocycles. The maximum absolute atomic E-state index is 13.1. The van der Waals surface area contributed by atoms with Gasteiger partial charge in [-0.15, -0.1) is 0 Å². The van der Waals surface area contributed by atoms with Crippen LogP contribution in [0.1, 0.15) is 37.3 Å². The summed E-state index contributed by atoms with van der Waals surface area (Å²) >= 11 is 0. The predicted octanol–water partition coefficient (Wildman–Crippen LogP) is 4.00. The van der Waals surface area contributed by atoms with Crippen molar-refractivity contribution in [2.45, 2.75) is 38.5 Å². The molecule has 0 spiro atoms. The van der Waals surface area contributed by atoms with Crippen molar-refractivity contribution in [1.29, 1.82) is 0 Å². The van der Waals surface area contributed by atoms with Crippen LogP contribution >= 0.6 is 0 Å². The van der Waals surface area contributed by atoms with Gasteiger partial charge in [-0.25, -0.2) is 0 Å². The van der Waals surface area contributed by atoms with Gasteiger partial charge in [0.05, 0.1) is 18.8 Å². The number of rotatable bonds is 4. The van der Waals surface area contributed by atoms with Crippen molar-refractivity contribution < 1.29 is 22.6 Å². The van der Waals surface area contributed by atoms with Crippen molar-refractivity contribution in [3.8, 4) is 5.75 Å². The number of hydrogen-bond donors (Lipinski definition) is 0. The highest BCUT2D eigenvalue weighted by atomic mass is 19.4. The third kappa shape index (κ3) is 3.21. The lowest BCUT2D eigenvalue weighted by Gasteiger charge is -2.28. The Morgan fingerprint density at radius 1 is 1.37 bits per heavy atom. The molecule has 2 nitrogen and oxygen atoms in total. The molecule has 106 valence electrons. The van der Waals surface area contributed by atoms with E-state index >= 15 is 0 Å². The van der Waals surface area contributed by atoms with E-state index in [2.05, 4.69) is 0 Å². The number of ether oxygens (including phenoxy) is 2. The summed E-state index contributed by atoms with van der Waals surface area (Å²) in [5, 5.41) is 0. The van der Waals surface area contributed by atoms with Crippen LogP contribution in [-0.2, 0) is 10.9 Å². The van der Waals surface area contributed by atoms with Crippen LogP contribution < -0.4 is 4.74 Å². The lowest BCUT2D eigenvalue weighted by atomic mass is 9.96. The predicted molar refractivity (Wildman–Crippen MR) is 65.4 cm³/mol. The number of halogens is 3. The fourth-order valence-corrected chi connectivity index (χ4v) is 1.88. The molecule has 1 aromatic rings. The molecule has 0 radical (unpaired) electrons. The molecule has 0 aliphatic carbocycles. The highest BCUT2D eigenvalue weighted by Gasteiger charge is 2.36. The van der Waals surface area contributed by atoms with Gasteiger partial charge in [0.2, 0.25) is 0 Å². The van der Waals surface area contributed by atoms with E-state index in [0.717, 1.165) is 6.42 Å². The summed E-state index contributed by atoms with van der Waals surface area (Å²) < 4.78 is 49.4. The van der Waals surface area contributed by atoms with Crippen LogP contribution in [-0.4, -0.2) is 19.3 Å². The molecule has 5 heteroatoms. The molecular formula is C14H17F3O2. The maximum Gasteiger partial charge on any atom is 0.419 e. The fraction of sp³-hybridized carbons (Fsp3) is 0.571. The number of benzene rings is 1. The summed E-state index contributed by atoms with van der Waals surface area (Å²) in [5.74, 6) is -0.00459. The summed E-state index contributed by atoms with van der Waals surface area (Å²) in [6, 6.07) is 4.32. The Labute approximate surface area is 110 Å². The SMILES string of the molecule is CCC(C)c1ccc(OC2COC2)c(C(F)(F)F)c1. The quantitative estimate of drug-likeness (QED) is 0.826. The molecular weight excluding hydrogens is 257 g/mol. The molecule has 1 fully saturated rings. The second-order valence-electron chi connectivity index (χ2n) is 4.84. The molecule has 2 rings (SSSR count). The van der Waals surface area contributed by atoms with Crippen molar-refractivity contribution in [2.75, 3.05) is 13.2 Å². The van der Waals surface area contributed by atoms with Crippen molar-refractivity contribution in [3.63, 3.8) is 0 Å². The van der Waals surface area contributed by atoms with Crippen LogP contribution in [0.5, 0.6) is 5.75 Å². The topological polar surface area (TPSA) is 18.5 Å². The van der Waals surface area contributed by atoms with Gasteiger partial charge < -0.3 is 9.47 Å². The molecule has 1 aromatic carbocycles. The monoisotopic (exact) mass is 274 g/mol. The lowest BCUT2D eigenvalue weighted by Crippen LogP contribution is -2.39. The van der Waals surface area contributed by atoms with Crippen LogP contribution in [0, 0.1) is 0 Å². The normalized spacial score (nSPS) is 17.9. The summed E-state index contributed by atoms with van der Waals surface area (Å²) in [7, 11) is 0. The average molecular weight is 274 g/mol. The van der Waals surface area contributed by atoms with Crippen molar-refractivity contribution >= 4 is 0 Å². The van der Waals surface area contributed by atoms with Gasteiger partial charge in [0.15, 0.2) is 0 Å². The lowest BCUT2D eigenvalue weighted by molar-refractivity contribution is -0.142. The van der Waals surface area contributed by atoms with Gasteiger partial charge in [0, 0.05) is 0 Å². The molecule has 0 aromatic heterocycles. The highest BCUT2D eigenvalue weighted by molar-refractivity contribution is 5.40. The third-order valence-corrected chi connectivity index (χ3v) is 3.39. The second kappa shape index (κ2) is 5.41. The van der Waals surface area contributed by atoms with Crippen LogP contribution in [0.4, 0.5) is 13.2 Å². The summed E-state index contributed by atoms with van der Waals surface area (Å²) in [6.07, 6.45) is -3.87. The standard InChI is InChI=1S/C14H17F3O2/c1-3-9(2)10-4-5-13(19-11-7-18-8-11)12(6-10)14(15,16)17/h4-6,9,11H,3,7-8H2,1-2H3. The minimum Gasteiger partial charge on any atom is -0.485 e. The molecule has 0 N–H and O–H groups in total. The van der Waals surface area contributed by atoms with Gasteiger partial charge >= 0.3 is 6.18 Å². The van der Waals surface area contributed by atoms with E-state index in [1.54, 1.807) is 6.07 Å². The third-order valence-electron chi connectivity index (χ3n) is 3.39. The maximum atomic E-state index is 13.1. The first kappa shape index (κ1) is 14.2. The Morgan fingerprint density at radius 3 is 2.53 bits per heavy atom. The van der Waals surface area contributed by atoms with E-state index in [-0.39, 0.29) is 17.8 Å². The van der Waals surface area contributed by atoms with Gasteiger partial charge in [0.1, 0.15) is 11.9 Å². The summed E-state index contributed by atoms with van der Waals surface area (Å²) in [5.41, 5.74) is -0.00997. The Kier molecular flexibility index (Phi) is 4.04. The average Bonchev–Trinajstić information content (AvgIpc) is 2.31. The fourth-order valence-electron chi connectivity index (χ4n) is 1.88. The van der Waals surface area contributed by atoms with Crippen LogP contribution in [0.15, 0.2) is 18.2 Å².